The second-order valence-electron chi connectivity index (χ2n) is 8.87. The number of carbonyl (C=O) groups is 7. The highest BCUT2D eigenvalue weighted by molar-refractivity contribution is 5.94. The van der Waals surface area contributed by atoms with Gasteiger partial charge in [-0.1, -0.05) is 12.1 Å². The lowest BCUT2D eigenvalue weighted by Gasteiger charge is -2.25. The van der Waals surface area contributed by atoms with E-state index in [2.05, 4.69) is 16.0 Å². The van der Waals surface area contributed by atoms with Crippen LogP contribution in [0.25, 0.3) is 0 Å². The number of rotatable bonds is 18. The Labute approximate surface area is 228 Å². The van der Waals surface area contributed by atoms with E-state index < -0.39 is 85.0 Å². The number of carboxylic acids is 3. The molecule has 1 aromatic rings. The first-order valence-corrected chi connectivity index (χ1v) is 12.1. The van der Waals surface area contributed by atoms with Gasteiger partial charge in [-0.25, -0.2) is 4.79 Å². The van der Waals surface area contributed by atoms with Gasteiger partial charge in [0.15, 0.2) is 0 Å². The predicted molar refractivity (Wildman–Crippen MR) is 135 cm³/mol. The molecule has 0 aliphatic carbocycles. The van der Waals surface area contributed by atoms with E-state index in [4.69, 9.17) is 21.7 Å². The minimum absolute atomic E-state index is 0.0584. The fraction of sp³-hybridized carbons (Fsp3) is 0.458. The Morgan fingerprint density at radius 1 is 0.675 bits per heavy atom. The lowest BCUT2D eigenvalue weighted by Crippen LogP contribution is -2.57. The van der Waals surface area contributed by atoms with E-state index in [0.29, 0.717) is 5.56 Å². The molecule has 0 fully saturated rings. The van der Waals surface area contributed by atoms with Crippen LogP contribution in [0.15, 0.2) is 24.3 Å². The van der Waals surface area contributed by atoms with Gasteiger partial charge >= 0.3 is 17.9 Å². The molecule has 0 saturated carbocycles. The monoisotopic (exact) mass is 567 g/mol. The minimum atomic E-state index is -1.56. The van der Waals surface area contributed by atoms with Gasteiger partial charge in [0, 0.05) is 25.7 Å². The standard InChI is InChI=1S/C24H33N5O11/c25-14(5-9-19(32)33)21(36)27-15(6-8-18(26)31)22(37)28-16(7-10-20(34)35)23(38)29-17(24(39)40)11-12-1-3-13(30)4-2-12/h1-4,14-17,30H,5-11,25H2,(H2,26,31)(H,27,36)(H,28,37)(H,29,38)(H,32,33)(H,34,35)(H,39,40). The molecule has 0 aliphatic rings. The smallest absolute Gasteiger partial charge is 0.326 e. The molecule has 0 heterocycles. The van der Waals surface area contributed by atoms with E-state index in [0.717, 1.165) is 0 Å². The van der Waals surface area contributed by atoms with E-state index >= 15 is 0 Å². The third-order valence-corrected chi connectivity index (χ3v) is 5.59. The Morgan fingerprint density at radius 2 is 1.12 bits per heavy atom. The summed E-state index contributed by atoms with van der Waals surface area (Å²) in [5, 5.41) is 43.6. The fourth-order valence-corrected chi connectivity index (χ4v) is 3.39. The average molecular weight is 568 g/mol. The molecule has 0 radical (unpaired) electrons. The zero-order valence-electron chi connectivity index (χ0n) is 21.4. The Kier molecular flexibility index (Phi) is 13.6. The number of amides is 4. The van der Waals surface area contributed by atoms with Gasteiger partial charge in [0.25, 0.3) is 0 Å². The fourth-order valence-electron chi connectivity index (χ4n) is 3.39. The first kappa shape index (κ1) is 33.3. The summed E-state index contributed by atoms with van der Waals surface area (Å²) in [4.78, 5) is 83.3. The van der Waals surface area contributed by atoms with E-state index in [-0.39, 0.29) is 31.4 Å². The zero-order valence-corrected chi connectivity index (χ0v) is 21.4. The number of aliphatic carboxylic acids is 3. The molecule has 4 unspecified atom stereocenters. The number of nitrogens with two attached hydrogens (primary N) is 2. The molecular formula is C24H33N5O11. The van der Waals surface area contributed by atoms with Gasteiger partial charge in [-0.2, -0.15) is 0 Å². The van der Waals surface area contributed by atoms with Crippen molar-refractivity contribution in [2.75, 3.05) is 0 Å². The van der Waals surface area contributed by atoms with Crippen molar-refractivity contribution in [1.82, 2.24) is 16.0 Å². The van der Waals surface area contributed by atoms with Crippen molar-refractivity contribution in [3.63, 3.8) is 0 Å². The third-order valence-electron chi connectivity index (χ3n) is 5.59. The van der Waals surface area contributed by atoms with Crippen LogP contribution in [0.2, 0.25) is 0 Å². The van der Waals surface area contributed by atoms with Gasteiger partial charge in [0.2, 0.25) is 23.6 Å². The van der Waals surface area contributed by atoms with Crippen LogP contribution in [0.5, 0.6) is 5.75 Å². The maximum Gasteiger partial charge on any atom is 0.326 e. The van der Waals surface area contributed by atoms with Crippen molar-refractivity contribution in [3.05, 3.63) is 29.8 Å². The first-order chi connectivity index (χ1) is 18.7. The highest BCUT2D eigenvalue weighted by Crippen LogP contribution is 2.12. The number of carboxylic acid groups (broad SMARTS) is 3. The largest absolute Gasteiger partial charge is 0.508 e. The number of aromatic hydroxyl groups is 1. The number of primary amides is 1. The molecule has 16 nitrogen and oxygen atoms in total. The van der Waals surface area contributed by atoms with E-state index in [1.54, 1.807) is 0 Å². The summed E-state index contributed by atoms with van der Waals surface area (Å²) >= 11 is 0. The molecule has 1 rings (SSSR count). The van der Waals surface area contributed by atoms with Crippen LogP contribution in [0.4, 0.5) is 0 Å². The molecule has 0 bridgehead atoms. The van der Waals surface area contributed by atoms with Crippen LogP contribution < -0.4 is 27.4 Å². The first-order valence-electron chi connectivity index (χ1n) is 12.1. The van der Waals surface area contributed by atoms with Gasteiger partial charge in [0.05, 0.1) is 6.04 Å². The Morgan fingerprint density at radius 3 is 1.60 bits per heavy atom. The number of nitrogens with one attached hydrogen (secondary N) is 3. The Bertz CT molecular complexity index is 1090. The Hall–Kier alpha value is -4.73. The molecule has 0 saturated heterocycles. The van der Waals surface area contributed by atoms with Crippen molar-refractivity contribution in [2.24, 2.45) is 11.5 Å². The maximum absolute atomic E-state index is 13.0. The molecule has 16 heteroatoms. The molecule has 1 aromatic carbocycles. The minimum Gasteiger partial charge on any atom is -0.508 e. The molecule has 0 aliphatic heterocycles. The van der Waals surface area contributed by atoms with Crippen molar-refractivity contribution >= 4 is 41.5 Å². The van der Waals surface area contributed by atoms with Crippen LogP contribution in [0, 0.1) is 0 Å². The van der Waals surface area contributed by atoms with Gasteiger partial charge in [-0.15, -0.1) is 0 Å². The SMILES string of the molecule is NC(=O)CCC(NC(=O)C(N)CCC(=O)O)C(=O)NC(CCC(=O)O)C(=O)NC(Cc1ccc(O)cc1)C(=O)O. The summed E-state index contributed by atoms with van der Waals surface area (Å²) < 4.78 is 0. The molecule has 0 spiro atoms. The van der Waals surface area contributed by atoms with Gasteiger partial charge in [-0.3, -0.25) is 28.8 Å². The molecule has 11 N–H and O–H groups in total. The lowest BCUT2D eigenvalue weighted by molar-refractivity contribution is -0.143. The molecule has 220 valence electrons. The average Bonchev–Trinajstić information content (AvgIpc) is 2.87. The summed E-state index contributed by atoms with van der Waals surface area (Å²) in [6.45, 7) is 0. The second-order valence-corrected chi connectivity index (χ2v) is 8.87. The van der Waals surface area contributed by atoms with Gasteiger partial charge in [-0.05, 0) is 37.0 Å². The normalized spacial score (nSPS) is 13.6. The van der Waals surface area contributed by atoms with Crippen LogP contribution in [0.1, 0.15) is 44.1 Å². The van der Waals surface area contributed by atoms with Crippen LogP contribution in [0.3, 0.4) is 0 Å². The number of carbonyl (C=O) groups excluding carboxylic acids is 4. The van der Waals surface area contributed by atoms with Crippen LogP contribution >= 0.6 is 0 Å². The zero-order chi connectivity index (χ0) is 30.4. The highest BCUT2D eigenvalue weighted by Gasteiger charge is 2.31. The maximum atomic E-state index is 13.0. The van der Waals surface area contributed by atoms with Gasteiger partial charge < -0.3 is 47.8 Å². The predicted octanol–water partition coefficient (Wildman–Crippen LogP) is -2.20. The topological polar surface area (TPSA) is 289 Å². The summed E-state index contributed by atoms with van der Waals surface area (Å²) in [6, 6.07) is -0.314. The van der Waals surface area contributed by atoms with Crippen LogP contribution in [-0.2, 0) is 40.0 Å². The summed E-state index contributed by atoms with van der Waals surface area (Å²) in [7, 11) is 0. The second kappa shape index (κ2) is 16.3. The summed E-state index contributed by atoms with van der Waals surface area (Å²) in [6.07, 6.45) is -2.63. The lowest BCUT2D eigenvalue weighted by atomic mass is 10.0. The van der Waals surface area contributed by atoms with Crippen molar-refractivity contribution in [3.8, 4) is 5.75 Å². The number of phenols is 1. The van der Waals surface area contributed by atoms with E-state index in [9.17, 15) is 43.8 Å². The number of hydrogen-bond acceptors (Lipinski definition) is 9. The molecule has 40 heavy (non-hydrogen) atoms. The quantitative estimate of drug-likeness (QED) is 0.0913. The van der Waals surface area contributed by atoms with E-state index in [1.807, 2.05) is 0 Å². The number of hydrogen-bond donors (Lipinski definition) is 9. The van der Waals surface area contributed by atoms with Crippen LogP contribution in [-0.4, -0.2) is 86.1 Å². The number of benzene rings is 1. The molecule has 4 amide bonds. The highest BCUT2D eigenvalue weighted by atomic mass is 16.4. The molecule has 0 aromatic heterocycles. The molecular weight excluding hydrogens is 534 g/mol. The van der Waals surface area contributed by atoms with Crippen molar-refractivity contribution in [1.29, 1.82) is 0 Å². The molecule has 4 atom stereocenters. The van der Waals surface area contributed by atoms with Crippen molar-refractivity contribution < 1.29 is 54.0 Å². The Balaban J connectivity index is 3.07. The van der Waals surface area contributed by atoms with Gasteiger partial charge in [0.1, 0.15) is 23.9 Å². The summed E-state index contributed by atoms with van der Waals surface area (Å²) in [5.41, 5.74) is 11.2. The summed E-state index contributed by atoms with van der Waals surface area (Å²) in [5.74, 6) is -7.78. The number of phenolic OH excluding ortho intramolecular Hbond substituents is 1. The van der Waals surface area contributed by atoms with E-state index in [1.165, 1.54) is 24.3 Å². The third kappa shape index (κ3) is 12.7. The van der Waals surface area contributed by atoms with Crippen molar-refractivity contribution in [2.45, 2.75) is 69.1 Å².